The Morgan fingerprint density at radius 3 is 2.45 bits per heavy atom. The fourth-order valence-electron chi connectivity index (χ4n) is 2.39. The number of carbonyl (C=O) groups excluding carboxylic acids is 2. The first-order valence-corrected chi connectivity index (χ1v) is 6.99. The molecule has 2 N–H and O–H groups in total. The number of hydrogen-bond acceptors (Lipinski definition) is 6. The van der Waals surface area contributed by atoms with E-state index in [-0.39, 0.29) is 17.5 Å². The second-order valence-electron chi connectivity index (χ2n) is 4.88. The zero-order valence-corrected chi connectivity index (χ0v) is 12.9. The van der Waals surface area contributed by atoms with Gasteiger partial charge in [-0.2, -0.15) is 0 Å². The molecule has 0 aromatic heterocycles. The largest absolute Gasteiger partial charge is 0.496 e. The van der Waals surface area contributed by atoms with Crippen LogP contribution in [0.5, 0.6) is 11.5 Å². The van der Waals surface area contributed by atoms with Gasteiger partial charge >= 0.3 is 5.97 Å². The molecule has 0 radical (unpaired) electrons. The molecule has 7 heteroatoms. The molecule has 1 aliphatic rings. The van der Waals surface area contributed by atoms with Crippen molar-refractivity contribution in [2.45, 2.75) is 18.9 Å². The Bertz CT molecular complexity index is 567. The Kier molecular flexibility index (Phi) is 5.21. The summed E-state index contributed by atoms with van der Waals surface area (Å²) in [6.07, 6.45) is 1.75. The zero-order chi connectivity index (χ0) is 16.1. The summed E-state index contributed by atoms with van der Waals surface area (Å²) < 4.78 is 15.1. The van der Waals surface area contributed by atoms with Gasteiger partial charge < -0.3 is 24.8 Å². The van der Waals surface area contributed by atoms with Gasteiger partial charge in [-0.25, -0.2) is 4.79 Å². The van der Waals surface area contributed by atoms with Crippen LogP contribution in [0.1, 0.15) is 23.2 Å². The van der Waals surface area contributed by atoms with Gasteiger partial charge in [0.25, 0.3) is 0 Å². The molecule has 0 unspecified atom stereocenters. The first kappa shape index (κ1) is 16.1. The van der Waals surface area contributed by atoms with Crippen molar-refractivity contribution >= 4 is 17.6 Å². The molecule has 1 aromatic rings. The Morgan fingerprint density at radius 2 is 1.91 bits per heavy atom. The van der Waals surface area contributed by atoms with E-state index in [1.165, 1.54) is 27.4 Å². The zero-order valence-electron chi connectivity index (χ0n) is 12.9. The molecule has 1 aliphatic heterocycles. The predicted molar refractivity (Wildman–Crippen MR) is 80.5 cm³/mol. The molecule has 2 rings (SSSR count). The minimum Gasteiger partial charge on any atom is -0.496 e. The summed E-state index contributed by atoms with van der Waals surface area (Å²) >= 11 is 0. The molecule has 0 aliphatic carbocycles. The van der Waals surface area contributed by atoms with Gasteiger partial charge in [-0.05, 0) is 25.5 Å². The first-order valence-electron chi connectivity index (χ1n) is 6.99. The van der Waals surface area contributed by atoms with Crippen molar-refractivity contribution in [3.05, 3.63) is 17.7 Å². The third-order valence-corrected chi connectivity index (χ3v) is 3.56. The summed E-state index contributed by atoms with van der Waals surface area (Å²) in [5.74, 6) is 0.0299. The summed E-state index contributed by atoms with van der Waals surface area (Å²) in [7, 11) is 4.21. The second-order valence-corrected chi connectivity index (χ2v) is 4.88. The molecule has 0 bridgehead atoms. The van der Waals surface area contributed by atoms with Crippen LogP contribution in [0.15, 0.2) is 12.1 Å². The lowest BCUT2D eigenvalue weighted by atomic mass is 10.1. The standard InChI is InChI=1S/C15H20N2O5/c1-20-12-8-13(21-2)11(7-9(12)15(19)22-3)17-14(18)10-5-4-6-16-10/h7-8,10,16H,4-6H2,1-3H3,(H,17,18)/t10-/m0/s1. The van der Waals surface area contributed by atoms with Crippen LogP contribution in [0.3, 0.4) is 0 Å². The van der Waals surface area contributed by atoms with E-state index in [0.717, 1.165) is 19.4 Å². The minimum atomic E-state index is -0.547. The van der Waals surface area contributed by atoms with E-state index in [1.54, 1.807) is 6.07 Å². The molecule has 120 valence electrons. The Morgan fingerprint density at radius 1 is 1.18 bits per heavy atom. The van der Waals surface area contributed by atoms with E-state index in [2.05, 4.69) is 10.6 Å². The maximum Gasteiger partial charge on any atom is 0.341 e. The molecule has 1 atom stereocenters. The van der Waals surface area contributed by atoms with Gasteiger partial charge in [-0.1, -0.05) is 0 Å². The van der Waals surface area contributed by atoms with Crippen LogP contribution in [0.25, 0.3) is 0 Å². The van der Waals surface area contributed by atoms with Gasteiger partial charge in [0.05, 0.1) is 33.1 Å². The van der Waals surface area contributed by atoms with Crippen molar-refractivity contribution in [1.82, 2.24) is 5.32 Å². The Hall–Kier alpha value is -2.28. The monoisotopic (exact) mass is 308 g/mol. The number of amides is 1. The number of benzene rings is 1. The number of rotatable bonds is 5. The molecule has 0 saturated carbocycles. The van der Waals surface area contributed by atoms with Gasteiger partial charge in [-0.3, -0.25) is 4.79 Å². The molecule has 1 aromatic carbocycles. The van der Waals surface area contributed by atoms with Gasteiger partial charge in [0.2, 0.25) is 5.91 Å². The van der Waals surface area contributed by atoms with Crippen molar-refractivity contribution in [2.75, 3.05) is 33.2 Å². The lowest BCUT2D eigenvalue weighted by molar-refractivity contribution is -0.117. The molecular weight excluding hydrogens is 288 g/mol. The van der Waals surface area contributed by atoms with Crippen molar-refractivity contribution in [3.63, 3.8) is 0 Å². The SMILES string of the molecule is COC(=O)c1cc(NC(=O)[C@@H]2CCCN2)c(OC)cc1OC. The molecule has 1 fully saturated rings. The number of esters is 1. The average molecular weight is 308 g/mol. The summed E-state index contributed by atoms with van der Waals surface area (Å²) in [6, 6.07) is 2.81. The van der Waals surface area contributed by atoms with Crippen LogP contribution in [-0.2, 0) is 9.53 Å². The molecule has 1 amide bonds. The van der Waals surface area contributed by atoms with E-state index >= 15 is 0 Å². The van der Waals surface area contributed by atoms with Gasteiger partial charge in [0.15, 0.2) is 0 Å². The third kappa shape index (κ3) is 3.30. The number of anilines is 1. The van der Waals surface area contributed by atoms with Crippen LogP contribution in [0.4, 0.5) is 5.69 Å². The lowest BCUT2D eigenvalue weighted by Crippen LogP contribution is -2.35. The maximum absolute atomic E-state index is 12.2. The first-order chi connectivity index (χ1) is 10.6. The fourth-order valence-corrected chi connectivity index (χ4v) is 2.39. The Labute approximate surface area is 128 Å². The van der Waals surface area contributed by atoms with Crippen LogP contribution in [0.2, 0.25) is 0 Å². The normalized spacial score (nSPS) is 17.0. The van der Waals surface area contributed by atoms with E-state index in [0.29, 0.717) is 17.2 Å². The molecule has 1 heterocycles. The van der Waals surface area contributed by atoms with Crippen LogP contribution < -0.4 is 20.1 Å². The highest BCUT2D eigenvalue weighted by Crippen LogP contribution is 2.33. The molecule has 7 nitrogen and oxygen atoms in total. The number of ether oxygens (including phenoxy) is 3. The summed E-state index contributed by atoms with van der Waals surface area (Å²) in [5, 5.41) is 5.90. The fraction of sp³-hybridized carbons (Fsp3) is 0.467. The van der Waals surface area contributed by atoms with E-state index in [4.69, 9.17) is 14.2 Å². The summed E-state index contributed by atoms with van der Waals surface area (Å²) in [6.45, 7) is 0.825. The number of nitrogens with one attached hydrogen (secondary N) is 2. The predicted octanol–water partition coefficient (Wildman–Crippen LogP) is 1.18. The number of carbonyl (C=O) groups is 2. The molecular formula is C15H20N2O5. The second kappa shape index (κ2) is 7.13. The average Bonchev–Trinajstić information content (AvgIpc) is 3.08. The van der Waals surface area contributed by atoms with Gasteiger partial charge in [0.1, 0.15) is 17.1 Å². The quantitative estimate of drug-likeness (QED) is 0.795. The number of methoxy groups -OCH3 is 3. The van der Waals surface area contributed by atoms with Crippen LogP contribution in [-0.4, -0.2) is 45.8 Å². The van der Waals surface area contributed by atoms with E-state index < -0.39 is 5.97 Å². The Balaban J connectivity index is 2.31. The van der Waals surface area contributed by atoms with Gasteiger partial charge in [-0.15, -0.1) is 0 Å². The van der Waals surface area contributed by atoms with Gasteiger partial charge in [0, 0.05) is 6.07 Å². The topological polar surface area (TPSA) is 85.9 Å². The highest BCUT2D eigenvalue weighted by Gasteiger charge is 2.24. The van der Waals surface area contributed by atoms with E-state index in [9.17, 15) is 9.59 Å². The van der Waals surface area contributed by atoms with Crippen LogP contribution in [0, 0.1) is 0 Å². The molecule has 0 spiro atoms. The maximum atomic E-state index is 12.2. The highest BCUT2D eigenvalue weighted by atomic mass is 16.5. The highest BCUT2D eigenvalue weighted by molar-refractivity contribution is 5.99. The van der Waals surface area contributed by atoms with E-state index in [1.807, 2.05) is 0 Å². The smallest absolute Gasteiger partial charge is 0.341 e. The summed E-state index contributed by atoms with van der Waals surface area (Å²) in [4.78, 5) is 24.0. The summed E-state index contributed by atoms with van der Waals surface area (Å²) in [5.41, 5.74) is 0.628. The van der Waals surface area contributed by atoms with Crippen molar-refractivity contribution in [3.8, 4) is 11.5 Å². The number of hydrogen-bond donors (Lipinski definition) is 2. The van der Waals surface area contributed by atoms with Crippen molar-refractivity contribution < 1.29 is 23.8 Å². The van der Waals surface area contributed by atoms with Crippen molar-refractivity contribution in [1.29, 1.82) is 0 Å². The third-order valence-electron chi connectivity index (χ3n) is 3.56. The molecule has 22 heavy (non-hydrogen) atoms. The molecule has 1 saturated heterocycles. The van der Waals surface area contributed by atoms with Crippen LogP contribution >= 0.6 is 0 Å². The lowest BCUT2D eigenvalue weighted by Gasteiger charge is -2.16. The minimum absolute atomic E-state index is 0.156. The van der Waals surface area contributed by atoms with Crippen molar-refractivity contribution in [2.24, 2.45) is 0 Å².